The minimum absolute atomic E-state index is 0.108. The second kappa shape index (κ2) is 6.94. The van der Waals surface area contributed by atoms with E-state index in [4.69, 9.17) is 9.47 Å². The monoisotopic (exact) mass is 349 g/mol. The van der Waals surface area contributed by atoms with Crippen molar-refractivity contribution in [2.45, 2.75) is 57.7 Å². The molecule has 2 aliphatic heterocycles. The Bertz CT molecular complexity index is 600. The van der Waals surface area contributed by atoms with Crippen LogP contribution in [-0.2, 0) is 15.9 Å². The number of hydrogen-bond acceptors (Lipinski definition) is 3. The van der Waals surface area contributed by atoms with Crippen LogP contribution in [0.2, 0.25) is 0 Å². The van der Waals surface area contributed by atoms with Gasteiger partial charge in [0.05, 0.1) is 12.2 Å². The Hall–Kier alpha value is -1.62. The van der Waals surface area contributed by atoms with Crippen molar-refractivity contribution in [1.82, 2.24) is 4.90 Å². The number of nitrogens with zero attached hydrogens (tertiary/aromatic N) is 1. The summed E-state index contributed by atoms with van der Waals surface area (Å²) in [6.07, 6.45) is 3.39. The molecule has 5 heteroatoms. The van der Waals surface area contributed by atoms with Crippen molar-refractivity contribution in [1.29, 1.82) is 0 Å². The molecular formula is C20H28FNO3. The lowest BCUT2D eigenvalue weighted by molar-refractivity contribution is -0.0487. The van der Waals surface area contributed by atoms with Gasteiger partial charge in [-0.1, -0.05) is 12.1 Å². The van der Waals surface area contributed by atoms with E-state index in [2.05, 4.69) is 0 Å². The maximum absolute atomic E-state index is 13.0. The van der Waals surface area contributed by atoms with Crippen LogP contribution in [0.15, 0.2) is 24.3 Å². The van der Waals surface area contributed by atoms with Crippen LogP contribution in [-0.4, -0.2) is 41.9 Å². The lowest BCUT2D eigenvalue weighted by atomic mass is 9.83. The maximum Gasteiger partial charge on any atom is 0.410 e. The van der Waals surface area contributed by atoms with Crippen LogP contribution in [0.5, 0.6) is 0 Å². The molecule has 4 nitrogen and oxygen atoms in total. The molecule has 0 aromatic heterocycles. The molecule has 1 aromatic carbocycles. The molecule has 2 saturated heterocycles. The molecule has 0 aliphatic carbocycles. The zero-order chi connectivity index (χ0) is 18.1. The molecule has 1 atom stereocenters. The molecule has 0 saturated carbocycles. The molecule has 2 heterocycles. The van der Waals surface area contributed by atoms with Gasteiger partial charge in [-0.15, -0.1) is 0 Å². The van der Waals surface area contributed by atoms with Crippen molar-refractivity contribution in [3.63, 3.8) is 0 Å². The predicted molar refractivity (Wildman–Crippen MR) is 93.9 cm³/mol. The Kier molecular flexibility index (Phi) is 5.05. The number of carbonyl (C=O) groups excluding carboxylic acids is 1. The van der Waals surface area contributed by atoms with Crippen LogP contribution < -0.4 is 0 Å². The number of carbonyl (C=O) groups is 1. The summed E-state index contributed by atoms with van der Waals surface area (Å²) in [7, 11) is 0. The molecule has 0 bridgehead atoms. The summed E-state index contributed by atoms with van der Waals surface area (Å²) < 4.78 is 24.6. The maximum atomic E-state index is 13.0. The van der Waals surface area contributed by atoms with E-state index in [0.717, 1.165) is 37.9 Å². The van der Waals surface area contributed by atoms with E-state index < -0.39 is 5.60 Å². The molecule has 1 unspecified atom stereocenters. The Morgan fingerprint density at radius 3 is 2.52 bits per heavy atom. The first kappa shape index (κ1) is 18.2. The van der Waals surface area contributed by atoms with Crippen molar-refractivity contribution in [2.75, 3.05) is 19.7 Å². The molecule has 1 spiro atoms. The summed E-state index contributed by atoms with van der Waals surface area (Å²) in [5.74, 6) is 0.260. The first-order valence-corrected chi connectivity index (χ1v) is 9.11. The van der Waals surface area contributed by atoms with Crippen molar-refractivity contribution in [2.24, 2.45) is 5.92 Å². The first-order chi connectivity index (χ1) is 11.7. The fourth-order valence-corrected chi connectivity index (χ4v) is 3.80. The highest BCUT2D eigenvalue weighted by Gasteiger charge is 2.43. The number of halogens is 1. The van der Waals surface area contributed by atoms with Crippen molar-refractivity contribution < 1.29 is 18.7 Å². The molecule has 0 radical (unpaired) electrons. The van der Waals surface area contributed by atoms with Crippen LogP contribution in [0, 0.1) is 11.7 Å². The number of piperidine rings is 1. The van der Waals surface area contributed by atoms with Gasteiger partial charge in [0.1, 0.15) is 11.4 Å². The number of likely N-dealkylation sites (tertiary alicyclic amines) is 1. The van der Waals surface area contributed by atoms with E-state index in [1.54, 1.807) is 4.90 Å². The number of amides is 1. The fourth-order valence-electron chi connectivity index (χ4n) is 3.80. The van der Waals surface area contributed by atoms with Gasteiger partial charge in [-0.05, 0) is 70.1 Å². The third kappa shape index (κ3) is 4.72. The largest absolute Gasteiger partial charge is 0.444 e. The minimum Gasteiger partial charge on any atom is -0.444 e. The molecule has 138 valence electrons. The van der Waals surface area contributed by atoms with Gasteiger partial charge in [0.15, 0.2) is 0 Å². The second-order valence-electron chi connectivity index (χ2n) is 8.36. The van der Waals surface area contributed by atoms with E-state index in [9.17, 15) is 9.18 Å². The molecule has 0 N–H and O–H groups in total. The van der Waals surface area contributed by atoms with Gasteiger partial charge in [-0.25, -0.2) is 9.18 Å². The van der Waals surface area contributed by atoms with E-state index in [1.807, 2.05) is 32.9 Å². The lowest BCUT2D eigenvalue weighted by Gasteiger charge is -2.39. The zero-order valence-corrected chi connectivity index (χ0v) is 15.4. The molecular weight excluding hydrogens is 321 g/mol. The van der Waals surface area contributed by atoms with Crippen LogP contribution in [0.1, 0.15) is 45.6 Å². The van der Waals surface area contributed by atoms with E-state index in [0.29, 0.717) is 19.0 Å². The van der Waals surface area contributed by atoms with Gasteiger partial charge >= 0.3 is 6.09 Å². The Morgan fingerprint density at radius 2 is 1.92 bits per heavy atom. The molecule has 1 amide bonds. The van der Waals surface area contributed by atoms with Crippen LogP contribution in [0.3, 0.4) is 0 Å². The highest BCUT2D eigenvalue weighted by Crippen LogP contribution is 2.40. The molecule has 25 heavy (non-hydrogen) atoms. The Labute approximate surface area is 149 Å². The second-order valence-corrected chi connectivity index (χ2v) is 8.36. The van der Waals surface area contributed by atoms with Crippen molar-refractivity contribution >= 4 is 6.09 Å². The Balaban J connectivity index is 1.50. The summed E-state index contributed by atoms with van der Waals surface area (Å²) in [6.45, 7) is 7.75. The summed E-state index contributed by atoms with van der Waals surface area (Å²) >= 11 is 0. The van der Waals surface area contributed by atoms with Crippen molar-refractivity contribution in [3.8, 4) is 0 Å². The zero-order valence-electron chi connectivity index (χ0n) is 15.4. The first-order valence-electron chi connectivity index (χ1n) is 9.11. The highest BCUT2D eigenvalue weighted by atomic mass is 19.1. The third-order valence-corrected chi connectivity index (χ3v) is 5.05. The van der Waals surface area contributed by atoms with Crippen molar-refractivity contribution in [3.05, 3.63) is 35.6 Å². The molecule has 2 aliphatic rings. The molecule has 2 fully saturated rings. The van der Waals surface area contributed by atoms with Crippen LogP contribution >= 0.6 is 0 Å². The van der Waals surface area contributed by atoms with Gasteiger partial charge in [-0.2, -0.15) is 0 Å². The predicted octanol–water partition coefficient (Wildman–Crippen LogP) is 4.17. The minimum atomic E-state index is -0.462. The quantitative estimate of drug-likeness (QED) is 0.804. The van der Waals surface area contributed by atoms with E-state index >= 15 is 0 Å². The summed E-state index contributed by atoms with van der Waals surface area (Å²) in [4.78, 5) is 14.0. The smallest absolute Gasteiger partial charge is 0.410 e. The standard InChI is InChI=1S/C20H28FNO3/c1-19(2,3)25-18(23)22-10-8-20(9-11-22)13-16(14-24-20)12-15-4-6-17(21)7-5-15/h4-7,16H,8-14H2,1-3H3. The van der Waals surface area contributed by atoms with E-state index in [1.165, 1.54) is 12.1 Å². The van der Waals surface area contributed by atoms with Crippen LogP contribution in [0.25, 0.3) is 0 Å². The summed E-state index contributed by atoms with van der Waals surface area (Å²) in [5.41, 5.74) is 0.581. The van der Waals surface area contributed by atoms with Gasteiger partial charge in [0, 0.05) is 13.1 Å². The SMILES string of the molecule is CC(C)(C)OC(=O)N1CCC2(CC1)CC(Cc1ccc(F)cc1)CO2. The molecule has 3 rings (SSSR count). The number of ether oxygens (including phenoxy) is 2. The molecule has 1 aromatic rings. The summed E-state index contributed by atoms with van der Waals surface area (Å²) in [6, 6.07) is 6.73. The third-order valence-electron chi connectivity index (χ3n) is 5.05. The number of hydrogen-bond donors (Lipinski definition) is 0. The van der Waals surface area contributed by atoms with Gasteiger partial charge in [0.25, 0.3) is 0 Å². The number of rotatable bonds is 2. The van der Waals surface area contributed by atoms with Gasteiger partial charge in [0.2, 0.25) is 0 Å². The Morgan fingerprint density at radius 1 is 1.28 bits per heavy atom. The van der Waals surface area contributed by atoms with Crippen LogP contribution in [0.4, 0.5) is 9.18 Å². The van der Waals surface area contributed by atoms with E-state index in [-0.39, 0.29) is 17.5 Å². The summed E-state index contributed by atoms with van der Waals surface area (Å²) in [5, 5.41) is 0. The van der Waals surface area contributed by atoms with Gasteiger partial charge in [-0.3, -0.25) is 0 Å². The average Bonchev–Trinajstić information content (AvgIpc) is 2.91. The average molecular weight is 349 g/mol. The van der Waals surface area contributed by atoms with Gasteiger partial charge < -0.3 is 14.4 Å². The highest BCUT2D eigenvalue weighted by molar-refractivity contribution is 5.68. The topological polar surface area (TPSA) is 38.8 Å². The number of benzene rings is 1. The lowest BCUT2D eigenvalue weighted by Crippen LogP contribution is -2.47. The normalized spacial score (nSPS) is 23.0. The fraction of sp³-hybridized carbons (Fsp3) is 0.650.